The predicted octanol–water partition coefficient (Wildman–Crippen LogP) is 2.72. The van der Waals surface area contributed by atoms with E-state index in [-0.39, 0.29) is 23.1 Å². The third-order valence-electron chi connectivity index (χ3n) is 3.05. The maximum atomic E-state index is 12.5. The lowest BCUT2D eigenvalue weighted by atomic mass is 10.2. The number of nitrogens with zero attached hydrogens (tertiary/aromatic N) is 2. The number of halogens is 4. The van der Waals surface area contributed by atoms with Gasteiger partial charge in [-0.3, -0.25) is 9.48 Å². The minimum absolute atomic E-state index is 0.147. The summed E-state index contributed by atoms with van der Waals surface area (Å²) in [7, 11) is 0. The SMILES string of the molecule is O=C(Cn1cc(C(F)(F)F)c(Br)n1)NC1CCCC1. The number of hydrogen-bond donors (Lipinski definition) is 1. The van der Waals surface area contributed by atoms with Crippen LogP contribution in [0.3, 0.4) is 0 Å². The fraction of sp³-hybridized carbons (Fsp3) is 0.636. The molecule has 1 saturated carbocycles. The molecule has 0 bridgehead atoms. The quantitative estimate of drug-likeness (QED) is 0.920. The number of aromatic nitrogens is 2. The van der Waals surface area contributed by atoms with Crippen LogP contribution >= 0.6 is 15.9 Å². The number of carbonyl (C=O) groups is 1. The Morgan fingerprint density at radius 1 is 1.47 bits per heavy atom. The molecule has 0 atom stereocenters. The molecule has 1 aromatic heterocycles. The predicted molar refractivity (Wildman–Crippen MR) is 65.3 cm³/mol. The molecule has 0 saturated heterocycles. The minimum atomic E-state index is -4.47. The summed E-state index contributed by atoms with van der Waals surface area (Å²) >= 11 is 2.75. The Kier molecular flexibility index (Phi) is 4.17. The minimum Gasteiger partial charge on any atom is -0.352 e. The first-order chi connectivity index (χ1) is 8.86. The number of rotatable bonds is 3. The summed E-state index contributed by atoms with van der Waals surface area (Å²) in [6.45, 7) is -0.203. The second-order valence-electron chi connectivity index (χ2n) is 4.58. The number of hydrogen-bond acceptors (Lipinski definition) is 2. The molecule has 1 amide bonds. The zero-order valence-corrected chi connectivity index (χ0v) is 11.6. The van der Waals surface area contributed by atoms with Crippen LogP contribution in [0.25, 0.3) is 0 Å². The molecule has 2 rings (SSSR count). The summed E-state index contributed by atoms with van der Waals surface area (Å²) < 4.78 is 38.3. The Hall–Kier alpha value is -1.05. The van der Waals surface area contributed by atoms with Gasteiger partial charge < -0.3 is 5.32 Å². The van der Waals surface area contributed by atoms with Gasteiger partial charge in [0.05, 0.1) is 0 Å². The summed E-state index contributed by atoms with van der Waals surface area (Å²) in [6.07, 6.45) is 0.384. The van der Waals surface area contributed by atoms with Crippen molar-refractivity contribution in [2.45, 2.75) is 44.4 Å². The molecule has 0 unspecified atom stereocenters. The Balaban J connectivity index is 1.97. The van der Waals surface area contributed by atoms with Crippen LogP contribution in [-0.4, -0.2) is 21.7 Å². The van der Waals surface area contributed by atoms with Crippen molar-refractivity contribution < 1.29 is 18.0 Å². The van der Waals surface area contributed by atoms with Gasteiger partial charge in [-0.2, -0.15) is 18.3 Å². The molecule has 19 heavy (non-hydrogen) atoms. The molecule has 0 aliphatic heterocycles. The van der Waals surface area contributed by atoms with E-state index >= 15 is 0 Å². The van der Waals surface area contributed by atoms with Crippen LogP contribution in [-0.2, 0) is 17.5 Å². The Morgan fingerprint density at radius 3 is 2.63 bits per heavy atom. The zero-order valence-electron chi connectivity index (χ0n) is 10.0. The van der Waals surface area contributed by atoms with Crippen molar-refractivity contribution in [1.82, 2.24) is 15.1 Å². The highest BCUT2D eigenvalue weighted by molar-refractivity contribution is 9.10. The maximum absolute atomic E-state index is 12.5. The van der Waals surface area contributed by atoms with Crippen LogP contribution in [0.5, 0.6) is 0 Å². The van der Waals surface area contributed by atoms with E-state index in [0.717, 1.165) is 36.6 Å². The number of alkyl halides is 3. The van der Waals surface area contributed by atoms with Gasteiger partial charge in [-0.15, -0.1) is 0 Å². The van der Waals surface area contributed by atoms with Gasteiger partial charge in [0.2, 0.25) is 5.91 Å². The van der Waals surface area contributed by atoms with Crippen LogP contribution in [0.1, 0.15) is 31.2 Å². The topological polar surface area (TPSA) is 46.9 Å². The van der Waals surface area contributed by atoms with E-state index < -0.39 is 11.7 Å². The van der Waals surface area contributed by atoms with Gasteiger partial charge in [0, 0.05) is 12.2 Å². The number of nitrogens with one attached hydrogen (secondary N) is 1. The van der Waals surface area contributed by atoms with Crippen molar-refractivity contribution in [1.29, 1.82) is 0 Å². The molecule has 0 aromatic carbocycles. The summed E-state index contributed by atoms with van der Waals surface area (Å²) in [4.78, 5) is 11.7. The Labute approximate surface area is 116 Å². The largest absolute Gasteiger partial charge is 0.420 e. The van der Waals surface area contributed by atoms with Crippen molar-refractivity contribution >= 4 is 21.8 Å². The number of carbonyl (C=O) groups excluding carboxylic acids is 1. The molecule has 0 spiro atoms. The molecular weight excluding hydrogens is 327 g/mol. The van der Waals surface area contributed by atoms with Crippen LogP contribution in [0.2, 0.25) is 0 Å². The summed E-state index contributed by atoms with van der Waals surface area (Å²) in [5.41, 5.74) is -0.874. The van der Waals surface area contributed by atoms with Crippen molar-refractivity contribution in [3.8, 4) is 0 Å². The molecule has 1 N–H and O–H groups in total. The fourth-order valence-electron chi connectivity index (χ4n) is 2.16. The van der Waals surface area contributed by atoms with Gasteiger partial charge in [0.15, 0.2) is 0 Å². The van der Waals surface area contributed by atoms with E-state index in [4.69, 9.17) is 0 Å². The molecule has 1 heterocycles. The third-order valence-corrected chi connectivity index (χ3v) is 3.63. The van der Waals surface area contributed by atoms with Crippen LogP contribution in [0, 0.1) is 0 Å². The molecule has 8 heteroatoms. The average Bonchev–Trinajstić information content (AvgIpc) is 2.87. The van der Waals surface area contributed by atoms with Crippen LogP contribution in [0.15, 0.2) is 10.8 Å². The molecule has 1 aliphatic rings. The van der Waals surface area contributed by atoms with Gasteiger partial charge in [-0.05, 0) is 28.8 Å². The van der Waals surface area contributed by atoms with Gasteiger partial charge >= 0.3 is 6.18 Å². The normalized spacial score (nSPS) is 16.8. The highest BCUT2D eigenvalue weighted by Crippen LogP contribution is 2.33. The first-order valence-corrected chi connectivity index (χ1v) is 6.75. The average molecular weight is 340 g/mol. The van der Waals surface area contributed by atoms with Gasteiger partial charge in [-0.25, -0.2) is 0 Å². The Bertz CT molecular complexity index is 466. The molecule has 1 aromatic rings. The molecule has 1 aliphatic carbocycles. The molecule has 1 fully saturated rings. The standard InChI is InChI=1S/C11H13BrF3N3O/c12-10-8(11(13,14)15)5-18(17-10)6-9(19)16-7-3-1-2-4-7/h5,7H,1-4,6H2,(H,16,19). The molecule has 0 radical (unpaired) electrons. The smallest absolute Gasteiger partial charge is 0.352 e. The lowest BCUT2D eigenvalue weighted by Gasteiger charge is -2.11. The van der Waals surface area contributed by atoms with Crippen molar-refractivity contribution in [2.24, 2.45) is 0 Å². The van der Waals surface area contributed by atoms with Gasteiger partial charge in [-0.1, -0.05) is 12.8 Å². The molecule has 4 nitrogen and oxygen atoms in total. The summed E-state index contributed by atoms with van der Waals surface area (Å²) in [6, 6.07) is 0.147. The van der Waals surface area contributed by atoms with Crippen molar-refractivity contribution in [3.05, 3.63) is 16.4 Å². The zero-order chi connectivity index (χ0) is 14.0. The van der Waals surface area contributed by atoms with E-state index in [1.165, 1.54) is 0 Å². The first-order valence-electron chi connectivity index (χ1n) is 5.96. The third kappa shape index (κ3) is 3.71. The lowest BCUT2D eigenvalue weighted by Crippen LogP contribution is -2.35. The monoisotopic (exact) mass is 339 g/mol. The molecular formula is C11H13BrF3N3O. The van der Waals surface area contributed by atoms with Gasteiger partial charge in [0.1, 0.15) is 16.7 Å². The van der Waals surface area contributed by atoms with Crippen molar-refractivity contribution in [3.63, 3.8) is 0 Å². The van der Waals surface area contributed by atoms with Crippen molar-refractivity contribution in [2.75, 3.05) is 0 Å². The fourth-order valence-corrected chi connectivity index (χ4v) is 2.69. The summed E-state index contributed by atoms with van der Waals surface area (Å²) in [5.74, 6) is -0.310. The Morgan fingerprint density at radius 2 is 2.11 bits per heavy atom. The van der Waals surface area contributed by atoms with E-state index in [9.17, 15) is 18.0 Å². The first kappa shape index (κ1) is 14.4. The van der Waals surface area contributed by atoms with Gasteiger partial charge in [0.25, 0.3) is 0 Å². The van der Waals surface area contributed by atoms with E-state index in [1.54, 1.807) is 0 Å². The van der Waals surface area contributed by atoms with Crippen LogP contribution in [0.4, 0.5) is 13.2 Å². The van der Waals surface area contributed by atoms with Crippen LogP contribution < -0.4 is 5.32 Å². The van der Waals surface area contributed by atoms with E-state index in [1.807, 2.05) is 0 Å². The highest BCUT2D eigenvalue weighted by atomic mass is 79.9. The number of amides is 1. The maximum Gasteiger partial charge on any atom is 0.420 e. The second-order valence-corrected chi connectivity index (χ2v) is 5.33. The summed E-state index contributed by atoms with van der Waals surface area (Å²) in [5, 5.41) is 6.44. The van der Waals surface area contributed by atoms with E-state index in [0.29, 0.717) is 0 Å². The highest BCUT2D eigenvalue weighted by Gasteiger charge is 2.35. The second kappa shape index (κ2) is 5.52. The molecule has 106 valence electrons. The van der Waals surface area contributed by atoms with E-state index in [2.05, 4.69) is 26.3 Å². The lowest BCUT2D eigenvalue weighted by molar-refractivity contribution is -0.138.